The van der Waals surface area contributed by atoms with E-state index in [0.717, 1.165) is 38.9 Å². The zero-order valence-electron chi connectivity index (χ0n) is 23.2. The van der Waals surface area contributed by atoms with Crippen molar-refractivity contribution < 1.29 is 4.42 Å². The average Bonchev–Trinajstić information content (AvgIpc) is 3.64. The predicted octanol–water partition coefficient (Wildman–Crippen LogP) is 12.2. The van der Waals surface area contributed by atoms with Gasteiger partial charge in [0.15, 0.2) is 0 Å². The smallest absolute Gasteiger partial charge is 0.135 e. The average molecular weight is 568 g/mol. The molecule has 3 heteroatoms. The highest BCUT2D eigenvalue weighted by atomic mass is 32.1. The van der Waals surface area contributed by atoms with Crippen LogP contribution in [-0.4, -0.2) is 0 Å². The summed E-state index contributed by atoms with van der Waals surface area (Å²) in [6.07, 6.45) is 0. The number of furan rings is 1. The first-order valence-corrected chi connectivity index (χ1v) is 15.3. The Kier molecular flexibility index (Phi) is 5.40. The van der Waals surface area contributed by atoms with Gasteiger partial charge >= 0.3 is 0 Å². The Morgan fingerprint density at radius 2 is 1.09 bits per heavy atom. The maximum atomic E-state index is 6.18. The van der Waals surface area contributed by atoms with Crippen LogP contribution in [-0.2, 0) is 0 Å². The van der Waals surface area contributed by atoms with Gasteiger partial charge in [0.1, 0.15) is 11.2 Å². The number of para-hydroxylation sites is 2. The highest BCUT2D eigenvalue weighted by molar-refractivity contribution is 7.26. The van der Waals surface area contributed by atoms with Gasteiger partial charge in [0.05, 0.1) is 17.1 Å². The molecular formula is C40H25NOS. The zero-order valence-corrected chi connectivity index (χ0v) is 24.0. The van der Waals surface area contributed by atoms with Crippen molar-refractivity contribution in [2.45, 2.75) is 0 Å². The Morgan fingerprint density at radius 1 is 0.442 bits per heavy atom. The summed E-state index contributed by atoms with van der Waals surface area (Å²) in [7, 11) is 0. The second-order valence-electron chi connectivity index (χ2n) is 10.9. The maximum absolute atomic E-state index is 6.18. The minimum Gasteiger partial charge on any atom is -0.456 e. The van der Waals surface area contributed by atoms with Crippen LogP contribution in [0.4, 0.5) is 17.1 Å². The van der Waals surface area contributed by atoms with E-state index in [2.05, 4.69) is 144 Å². The molecule has 9 rings (SSSR count). The van der Waals surface area contributed by atoms with Crippen LogP contribution < -0.4 is 4.90 Å². The number of anilines is 3. The molecule has 0 aliphatic rings. The number of hydrogen-bond acceptors (Lipinski definition) is 3. The van der Waals surface area contributed by atoms with Gasteiger partial charge in [-0.2, -0.15) is 0 Å². The fourth-order valence-electron chi connectivity index (χ4n) is 6.54. The monoisotopic (exact) mass is 567 g/mol. The van der Waals surface area contributed by atoms with E-state index in [9.17, 15) is 0 Å². The highest BCUT2D eigenvalue weighted by Gasteiger charge is 2.22. The molecule has 0 fully saturated rings. The molecule has 0 radical (unpaired) electrons. The van der Waals surface area contributed by atoms with Gasteiger partial charge in [-0.1, -0.05) is 103 Å². The quantitative estimate of drug-likeness (QED) is 0.210. The number of fused-ring (bicyclic) bond motifs is 7. The highest BCUT2D eigenvalue weighted by Crippen LogP contribution is 2.48. The van der Waals surface area contributed by atoms with Gasteiger partial charge in [0.25, 0.3) is 0 Å². The molecule has 0 saturated carbocycles. The lowest BCUT2D eigenvalue weighted by atomic mass is 9.98. The van der Waals surface area contributed by atoms with Gasteiger partial charge in [-0.25, -0.2) is 0 Å². The number of nitrogens with zero attached hydrogens (tertiary/aromatic N) is 1. The van der Waals surface area contributed by atoms with Crippen LogP contribution >= 0.6 is 11.3 Å². The molecule has 0 N–H and O–H groups in total. The Balaban J connectivity index is 1.36. The fraction of sp³-hybridized carbons (Fsp3) is 0. The SMILES string of the molecule is c1ccc(N(c2cccc3ccccc23)c2cccc3sc4ccccc4c23)c(-c2ccc3oc4ccccc4c3c2)c1. The number of rotatable bonds is 4. The summed E-state index contributed by atoms with van der Waals surface area (Å²) in [5, 5.41) is 7.26. The lowest BCUT2D eigenvalue weighted by Gasteiger charge is -2.30. The maximum Gasteiger partial charge on any atom is 0.135 e. The van der Waals surface area contributed by atoms with E-state index in [1.807, 2.05) is 23.5 Å². The van der Waals surface area contributed by atoms with Gasteiger partial charge in [0.2, 0.25) is 0 Å². The van der Waals surface area contributed by atoms with Gasteiger partial charge in [-0.3, -0.25) is 0 Å². The zero-order chi connectivity index (χ0) is 28.3. The molecule has 0 unspecified atom stereocenters. The molecule has 43 heavy (non-hydrogen) atoms. The van der Waals surface area contributed by atoms with E-state index in [1.54, 1.807) is 0 Å². The normalized spacial score (nSPS) is 11.7. The lowest BCUT2D eigenvalue weighted by Crippen LogP contribution is -2.12. The molecule has 0 bridgehead atoms. The largest absolute Gasteiger partial charge is 0.456 e. The van der Waals surface area contributed by atoms with Crippen molar-refractivity contribution in [3.8, 4) is 11.1 Å². The van der Waals surface area contributed by atoms with Crippen LogP contribution in [0.25, 0.3) is 64.0 Å². The minimum absolute atomic E-state index is 0.905. The van der Waals surface area contributed by atoms with Crippen molar-refractivity contribution >= 4 is 81.3 Å². The minimum atomic E-state index is 0.905. The lowest BCUT2D eigenvalue weighted by molar-refractivity contribution is 0.669. The Morgan fingerprint density at radius 3 is 2.05 bits per heavy atom. The van der Waals surface area contributed by atoms with Crippen molar-refractivity contribution in [2.75, 3.05) is 4.90 Å². The van der Waals surface area contributed by atoms with E-state index < -0.39 is 0 Å². The predicted molar refractivity (Wildman–Crippen MR) is 184 cm³/mol. The molecule has 0 atom stereocenters. The molecule has 9 aromatic rings. The first kappa shape index (κ1) is 24.2. The van der Waals surface area contributed by atoms with Crippen molar-refractivity contribution in [2.24, 2.45) is 0 Å². The van der Waals surface area contributed by atoms with E-state index in [4.69, 9.17) is 4.42 Å². The summed E-state index contributed by atoms with van der Waals surface area (Å²) in [4.78, 5) is 2.47. The summed E-state index contributed by atoms with van der Waals surface area (Å²) in [6, 6.07) is 54.4. The second-order valence-corrected chi connectivity index (χ2v) is 12.0. The van der Waals surface area contributed by atoms with Crippen molar-refractivity contribution in [1.82, 2.24) is 0 Å². The summed E-state index contributed by atoms with van der Waals surface area (Å²) in [5.41, 5.74) is 7.60. The summed E-state index contributed by atoms with van der Waals surface area (Å²) in [6.45, 7) is 0. The van der Waals surface area contributed by atoms with Gasteiger partial charge in [-0.15, -0.1) is 11.3 Å². The molecular weight excluding hydrogens is 543 g/mol. The van der Waals surface area contributed by atoms with E-state index in [0.29, 0.717) is 0 Å². The first-order chi connectivity index (χ1) is 21.3. The molecule has 0 saturated heterocycles. The Hall–Kier alpha value is -5.38. The molecule has 0 amide bonds. The third kappa shape index (κ3) is 3.79. The summed E-state index contributed by atoms with van der Waals surface area (Å²) in [5.74, 6) is 0. The molecule has 0 spiro atoms. The van der Waals surface area contributed by atoms with Crippen molar-refractivity contribution in [3.63, 3.8) is 0 Å². The van der Waals surface area contributed by atoms with E-state index >= 15 is 0 Å². The van der Waals surface area contributed by atoms with Crippen LogP contribution in [0.1, 0.15) is 0 Å². The molecule has 2 heterocycles. The Bertz CT molecular complexity index is 2480. The molecule has 7 aromatic carbocycles. The van der Waals surface area contributed by atoms with E-state index in [1.165, 1.54) is 42.2 Å². The van der Waals surface area contributed by atoms with Gasteiger partial charge < -0.3 is 9.32 Å². The number of benzene rings is 7. The first-order valence-electron chi connectivity index (χ1n) is 14.5. The van der Waals surface area contributed by atoms with Crippen LogP contribution in [0.5, 0.6) is 0 Å². The van der Waals surface area contributed by atoms with Crippen LogP contribution in [0.3, 0.4) is 0 Å². The number of hydrogen-bond donors (Lipinski definition) is 0. The molecule has 2 aromatic heterocycles. The van der Waals surface area contributed by atoms with Crippen molar-refractivity contribution in [1.29, 1.82) is 0 Å². The third-order valence-electron chi connectivity index (χ3n) is 8.46. The molecule has 2 nitrogen and oxygen atoms in total. The molecule has 202 valence electrons. The fourth-order valence-corrected chi connectivity index (χ4v) is 7.67. The van der Waals surface area contributed by atoms with Crippen LogP contribution in [0.2, 0.25) is 0 Å². The molecule has 0 aliphatic heterocycles. The van der Waals surface area contributed by atoms with Crippen LogP contribution in [0, 0.1) is 0 Å². The topological polar surface area (TPSA) is 16.4 Å². The summed E-state index contributed by atoms with van der Waals surface area (Å²) < 4.78 is 8.76. The van der Waals surface area contributed by atoms with Crippen LogP contribution in [0.15, 0.2) is 156 Å². The standard InChI is InChI=1S/C40H25NOS/c1-2-13-28-26(11-1)12-9-18-34(28)41(35-19-10-22-39-40(35)31-16-5-8-21-38(31)43-39)33-17-6-3-14-29(33)27-23-24-37-32(25-27)30-15-4-7-20-36(30)42-37/h1-25H. The second kappa shape index (κ2) is 9.59. The number of thiophene rings is 1. The van der Waals surface area contributed by atoms with Gasteiger partial charge in [-0.05, 0) is 59.5 Å². The Labute approximate surface area is 252 Å². The third-order valence-corrected chi connectivity index (χ3v) is 9.60. The van der Waals surface area contributed by atoms with Crippen molar-refractivity contribution in [3.05, 3.63) is 152 Å². The molecule has 0 aliphatic carbocycles. The van der Waals surface area contributed by atoms with E-state index in [-0.39, 0.29) is 0 Å². The van der Waals surface area contributed by atoms with Gasteiger partial charge in [0, 0.05) is 41.9 Å². The summed E-state index contributed by atoms with van der Waals surface area (Å²) >= 11 is 1.85.